The third kappa shape index (κ3) is 2.77. The molecule has 0 amide bonds. The lowest BCUT2D eigenvalue weighted by Gasteiger charge is -2.02. The molecule has 1 aromatic carbocycles. The summed E-state index contributed by atoms with van der Waals surface area (Å²) in [6.45, 7) is 0. The number of nitrogens with zero attached hydrogens (tertiary/aromatic N) is 2. The number of nitriles is 1. The fourth-order valence-corrected chi connectivity index (χ4v) is 3.51. The van der Waals surface area contributed by atoms with Crippen molar-refractivity contribution in [3.8, 4) is 17.3 Å². The lowest BCUT2D eigenvalue weighted by molar-refractivity contribution is 0.0983. The summed E-state index contributed by atoms with van der Waals surface area (Å²) in [6, 6.07) is 15.4. The predicted molar refractivity (Wildman–Crippen MR) is 84.6 cm³/mol. The van der Waals surface area contributed by atoms with E-state index in [2.05, 4.69) is 11.1 Å². The van der Waals surface area contributed by atoms with Gasteiger partial charge >= 0.3 is 0 Å². The molecular weight excluding hydrogens is 300 g/mol. The summed E-state index contributed by atoms with van der Waals surface area (Å²) < 4.78 is 0. The summed E-state index contributed by atoms with van der Waals surface area (Å²) in [4.78, 5) is 17.4. The van der Waals surface area contributed by atoms with E-state index >= 15 is 0 Å². The van der Waals surface area contributed by atoms with Gasteiger partial charge in [-0.3, -0.25) is 4.79 Å². The first-order chi connectivity index (χ1) is 10.3. The molecule has 2 aromatic heterocycles. The Balaban J connectivity index is 1.91. The highest BCUT2D eigenvalue weighted by atomic mass is 32.1. The van der Waals surface area contributed by atoms with E-state index in [1.54, 1.807) is 6.07 Å². The van der Waals surface area contributed by atoms with Gasteiger partial charge in [0.1, 0.15) is 5.01 Å². The standard InChI is InChI=1S/C16H10N2OS2/c17-9-12(15(19)14-7-4-8-20-14)16-18-13(10-21-16)11-5-2-1-3-6-11/h1-8,10,12H. The topological polar surface area (TPSA) is 53.8 Å². The molecule has 3 aromatic rings. The Bertz CT molecular complexity index is 785. The van der Waals surface area contributed by atoms with Crippen molar-refractivity contribution in [3.05, 3.63) is 63.1 Å². The van der Waals surface area contributed by atoms with Crippen LogP contribution in [0.3, 0.4) is 0 Å². The number of benzene rings is 1. The normalized spacial score (nSPS) is 11.8. The highest BCUT2D eigenvalue weighted by Crippen LogP contribution is 2.29. The van der Waals surface area contributed by atoms with Crippen molar-refractivity contribution in [2.45, 2.75) is 5.92 Å². The number of Topliss-reactive ketones (excluding diaryl/α,β-unsaturated/α-hetero) is 1. The number of thiazole rings is 1. The van der Waals surface area contributed by atoms with Crippen LogP contribution in [0.25, 0.3) is 11.3 Å². The molecule has 0 saturated heterocycles. The van der Waals surface area contributed by atoms with Crippen molar-refractivity contribution < 1.29 is 4.79 Å². The van der Waals surface area contributed by atoms with E-state index in [0.717, 1.165) is 11.3 Å². The molecule has 0 bridgehead atoms. The first-order valence-corrected chi connectivity index (χ1v) is 8.03. The zero-order valence-electron chi connectivity index (χ0n) is 10.9. The van der Waals surface area contributed by atoms with Gasteiger partial charge in [-0.05, 0) is 11.4 Å². The molecule has 21 heavy (non-hydrogen) atoms. The van der Waals surface area contributed by atoms with Crippen molar-refractivity contribution in [1.29, 1.82) is 5.26 Å². The second kappa shape index (κ2) is 6.00. The van der Waals surface area contributed by atoms with Crippen LogP contribution in [0.4, 0.5) is 0 Å². The molecule has 0 N–H and O–H groups in total. The van der Waals surface area contributed by atoms with Crippen molar-refractivity contribution in [3.63, 3.8) is 0 Å². The van der Waals surface area contributed by atoms with Crippen LogP contribution in [0.1, 0.15) is 20.6 Å². The van der Waals surface area contributed by atoms with Gasteiger partial charge in [0.05, 0.1) is 16.6 Å². The highest BCUT2D eigenvalue weighted by Gasteiger charge is 2.25. The second-order valence-corrected chi connectivity index (χ2v) is 6.18. The van der Waals surface area contributed by atoms with E-state index < -0.39 is 5.92 Å². The Morgan fingerprint density at radius 3 is 2.62 bits per heavy atom. The van der Waals surface area contributed by atoms with E-state index in [-0.39, 0.29) is 5.78 Å². The van der Waals surface area contributed by atoms with Crippen LogP contribution >= 0.6 is 22.7 Å². The molecule has 1 unspecified atom stereocenters. The quantitative estimate of drug-likeness (QED) is 0.673. The zero-order valence-corrected chi connectivity index (χ0v) is 12.5. The van der Waals surface area contributed by atoms with Crippen LogP contribution in [0.2, 0.25) is 0 Å². The average Bonchev–Trinajstić information content (AvgIpc) is 3.21. The van der Waals surface area contributed by atoms with Crippen LogP contribution in [0, 0.1) is 11.3 Å². The van der Waals surface area contributed by atoms with Gasteiger partial charge in [-0.2, -0.15) is 5.26 Å². The Kier molecular flexibility index (Phi) is 3.91. The van der Waals surface area contributed by atoms with Crippen molar-refractivity contribution in [1.82, 2.24) is 4.98 Å². The van der Waals surface area contributed by atoms with Crippen LogP contribution in [0.5, 0.6) is 0 Å². The fraction of sp³-hybridized carbons (Fsp3) is 0.0625. The van der Waals surface area contributed by atoms with Gasteiger partial charge in [-0.1, -0.05) is 36.4 Å². The largest absolute Gasteiger partial charge is 0.291 e. The summed E-state index contributed by atoms with van der Waals surface area (Å²) in [5, 5.41) is 13.6. The lowest BCUT2D eigenvalue weighted by atomic mass is 10.1. The first-order valence-electron chi connectivity index (χ1n) is 6.28. The number of carbonyl (C=O) groups is 1. The summed E-state index contributed by atoms with van der Waals surface area (Å²) in [7, 11) is 0. The minimum atomic E-state index is -0.828. The molecule has 0 fully saturated rings. The molecule has 0 aliphatic rings. The summed E-state index contributed by atoms with van der Waals surface area (Å²) in [5.41, 5.74) is 1.79. The van der Waals surface area contributed by atoms with Gasteiger partial charge in [-0.15, -0.1) is 22.7 Å². The summed E-state index contributed by atoms with van der Waals surface area (Å²) >= 11 is 2.70. The van der Waals surface area contributed by atoms with Crippen LogP contribution in [-0.4, -0.2) is 10.8 Å². The molecule has 2 heterocycles. The molecule has 0 aliphatic carbocycles. The maximum Gasteiger partial charge on any atom is 0.196 e. The minimum Gasteiger partial charge on any atom is -0.291 e. The number of rotatable bonds is 4. The molecule has 3 rings (SSSR count). The Hall–Kier alpha value is -2.29. The molecular formula is C16H10N2OS2. The van der Waals surface area contributed by atoms with Crippen LogP contribution in [0.15, 0.2) is 53.2 Å². The minimum absolute atomic E-state index is 0.179. The van der Waals surface area contributed by atoms with E-state index in [0.29, 0.717) is 9.88 Å². The number of ketones is 1. The summed E-state index contributed by atoms with van der Waals surface area (Å²) in [6.07, 6.45) is 0. The van der Waals surface area contributed by atoms with Gasteiger partial charge in [-0.25, -0.2) is 4.98 Å². The number of aromatic nitrogens is 1. The fourth-order valence-electron chi connectivity index (χ4n) is 1.95. The molecule has 102 valence electrons. The molecule has 0 spiro atoms. The smallest absolute Gasteiger partial charge is 0.196 e. The molecule has 1 atom stereocenters. The molecule has 0 saturated carbocycles. The molecule has 0 radical (unpaired) electrons. The van der Waals surface area contributed by atoms with Crippen molar-refractivity contribution in [2.24, 2.45) is 0 Å². The Labute approximate surface area is 130 Å². The third-order valence-corrected chi connectivity index (χ3v) is 4.79. The van der Waals surface area contributed by atoms with Crippen LogP contribution in [-0.2, 0) is 0 Å². The van der Waals surface area contributed by atoms with E-state index in [1.807, 2.05) is 47.2 Å². The maximum absolute atomic E-state index is 12.3. The monoisotopic (exact) mass is 310 g/mol. The predicted octanol–water partition coefficient (Wildman–Crippen LogP) is 4.36. The van der Waals surface area contributed by atoms with Gasteiger partial charge in [0.25, 0.3) is 0 Å². The maximum atomic E-state index is 12.3. The second-order valence-electron chi connectivity index (χ2n) is 4.34. The van der Waals surface area contributed by atoms with E-state index in [1.165, 1.54) is 22.7 Å². The summed E-state index contributed by atoms with van der Waals surface area (Å²) in [5.74, 6) is -1.01. The van der Waals surface area contributed by atoms with Crippen molar-refractivity contribution in [2.75, 3.05) is 0 Å². The number of carbonyl (C=O) groups excluding carboxylic acids is 1. The average molecular weight is 310 g/mol. The van der Waals surface area contributed by atoms with Gasteiger partial charge < -0.3 is 0 Å². The lowest BCUT2D eigenvalue weighted by Crippen LogP contribution is -2.09. The van der Waals surface area contributed by atoms with Gasteiger partial charge in [0.2, 0.25) is 0 Å². The molecule has 3 nitrogen and oxygen atoms in total. The molecule has 0 aliphatic heterocycles. The van der Waals surface area contributed by atoms with E-state index in [9.17, 15) is 10.1 Å². The number of thiophene rings is 1. The number of hydrogen-bond acceptors (Lipinski definition) is 5. The highest BCUT2D eigenvalue weighted by molar-refractivity contribution is 7.12. The van der Waals surface area contributed by atoms with E-state index in [4.69, 9.17) is 0 Å². The first kappa shape index (κ1) is 13.7. The van der Waals surface area contributed by atoms with Crippen LogP contribution < -0.4 is 0 Å². The van der Waals surface area contributed by atoms with Gasteiger partial charge in [0, 0.05) is 10.9 Å². The number of hydrogen-bond donors (Lipinski definition) is 0. The Morgan fingerprint density at radius 2 is 1.95 bits per heavy atom. The van der Waals surface area contributed by atoms with Crippen molar-refractivity contribution >= 4 is 28.5 Å². The zero-order chi connectivity index (χ0) is 14.7. The molecule has 5 heteroatoms. The Morgan fingerprint density at radius 1 is 1.14 bits per heavy atom. The van der Waals surface area contributed by atoms with Gasteiger partial charge in [0.15, 0.2) is 11.7 Å². The third-order valence-electron chi connectivity index (χ3n) is 2.99. The SMILES string of the molecule is N#CC(C(=O)c1cccs1)c1nc(-c2ccccc2)cs1.